The minimum Gasteiger partial charge on any atom is -0.459 e. The van der Waals surface area contributed by atoms with Crippen LogP contribution in [0.25, 0.3) is 0 Å². The molecule has 2 amide bonds. The first kappa shape index (κ1) is 16.3. The molecule has 0 spiro atoms. The van der Waals surface area contributed by atoms with Crippen molar-refractivity contribution in [3.8, 4) is 0 Å². The van der Waals surface area contributed by atoms with E-state index in [9.17, 15) is 9.59 Å². The number of nitrogens with one attached hydrogen (secondary N) is 1. The molecule has 1 saturated heterocycles. The first-order valence-corrected chi connectivity index (χ1v) is 7.77. The summed E-state index contributed by atoms with van der Waals surface area (Å²) in [4.78, 5) is 26.4. The molecule has 8 heteroatoms. The van der Waals surface area contributed by atoms with Crippen LogP contribution in [0.15, 0.2) is 28.9 Å². The average Bonchev–Trinajstić information content (AvgIpc) is 3.16. The summed E-state index contributed by atoms with van der Waals surface area (Å²) in [6, 6.07) is 4.76. The molecule has 3 rings (SSSR count). The number of anilines is 1. The average molecular weight is 332 g/mol. The Bertz CT molecular complexity index is 727. The third kappa shape index (κ3) is 3.33. The topological polar surface area (TPSA) is 89.6 Å². The van der Waals surface area contributed by atoms with E-state index in [0.717, 1.165) is 0 Å². The summed E-state index contributed by atoms with van der Waals surface area (Å²) in [6.45, 7) is 4.91. The fourth-order valence-electron chi connectivity index (χ4n) is 2.78. The van der Waals surface area contributed by atoms with E-state index in [2.05, 4.69) is 10.4 Å². The molecule has 24 heavy (non-hydrogen) atoms. The van der Waals surface area contributed by atoms with E-state index in [1.807, 2.05) is 13.8 Å². The normalized spacial score (nSPS) is 20.9. The summed E-state index contributed by atoms with van der Waals surface area (Å²) in [5.74, 6) is 0.0516. The van der Waals surface area contributed by atoms with Crippen LogP contribution in [-0.4, -0.2) is 51.8 Å². The zero-order valence-corrected chi connectivity index (χ0v) is 13.9. The van der Waals surface area contributed by atoms with Crippen LogP contribution in [0.5, 0.6) is 0 Å². The predicted octanol–water partition coefficient (Wildman–Crippen LogP) is 1.51. The Hall–Kier alpha value is -2.61. The number of furan rings is 1. The number of hydrogen-bond acceptors (Lipinski definition) is 5. The number of aromatic nitrogens is 2. The van der Waals surface area contributed by atoms with Crippen molar-refractivity contribution in [2.24, 2.45) is 7.05 Å². The van der Waals surface area contributed by atoms with Crippen molar-refractivity contribution in [3.63, 3.8) is 0 Å². The molecule has 2 atom stereocenters. The van der Waals surface area contributed by atoms with Gasteiger partial charge in [0.15, 0.2) is 11.5 Å². The molecular formula is C16H20N4O4. The second-order valence-electron chi connectivity index (χ2n) is 5.94. The van der Waals surface area contributed by atoms with Crippen molar-refractivity contribution in [1.82, 2.24) is 14.7 Å². The minimum absolute atomic E-state index is 0.0143. The summed E-state index contributed by atoms with van der Waals surface area (Å²) in [7, 11) is 1.67. The van der Waals surface area contributed by atoms with E-state index < -0.39 is 5.91 Å². The van der Waals surface area contributed by atoms with E-state index in [-0.39, 0.29) is 29.6 Å². The number of carbonyl (C=O) groups excluding carboxylic acids is 2. The van der Waals surface area contributed by atoms with Gasteiger partial charge in [-0.05, 0) is 26.0 Å². The highest BCUT2D eigenvalue weighted by Gasteiger charge is 2.28. The van der Waals surface area contributed by atoms with Gasteiger partial charge >= 0.3 is 0 Å². The van der Waals surface area contributed by atoms with Crippen molar-refractivity contribution < 1.29 is 18.7 Å². The lowest BCUT2D eigenvalue weighted by atomic mass is 10.2. The molecule has 2 aromatic rings. The fourth-order valence-corrected chi connectivity index (χ4v) is 2.78. The molecule has 128 valence electrons. The van der Waals surface area contributed by atoms with E-state index in [0.29, 0.717) is 18.9 Å². The van der Waals surface area contributed by atoms with Gasteiger partial charge in [0.2, 0.25) is 0 Å². The van der Waals surface area contributed by atoms with Crippen LogP contribution in [0.4, 0.5) is 5.82 Å². The second-order valence-corrected chi connectivity index (χ2v) is 5.94. The monoisotopic (exact) mass is 332 g/mol. The smallest absolute Gasteiger partial charge is 0.292 e. The lowest BCUT2D eigenvalue weighted by Gasteiger charge is -2.34. The van der Waals surface area contributed by atoms with Gasteiger partial charge in [-0.1, -0.05) is 0 Å². The molecule has 1 aliphatic rings. The Kier molecular flexibility index (Phi) is 4.39. The Morgan fingerprint density at radius 3 is 2.62 bits per heavy atom. The quantitative estimate of drug-likeness (QED) is 0.920. The third-order valence-electron chi connectivity index (χ3n) is 3.79. The van der Waals surface area contributed by atoms with E-state index >= 15 is 0 Å². The molecule has 8 nitrogen and oxygen atoms in total. The summed E-state index contributed by atoms with van der Waals surface area (Å²) in [5, 5.41) is 6.89. The van der Waals surface area contributed by atoms with Gasteiger partial charge in [-0.25, -0.2) is 0 Å². The highest BCUT2D eigenvalue weighted by Crippen LogP contribution is 2.17. The summed E-state index contributed by atoms with van der Waals surface area (Å²) >= 11 is 0. The molecule has 0 radical (unpaired) electrons. The van der Waals surface area contributed by atoms with Gasteiger partial charge in [0.1, 0.15) is 5.82 Å². The van der Waals surface area contributed by atoms with Gasteiger partial charge in [0.25, 0.3) is 11.8 Å². The van der Waals surface area contributed by atoms with Crippen LogP contribution in [0.2, 0.25) is 0 Å². The minimum atomic E-state index is -0.393. The van der Waals surface area contributed by atoms with Crippen LogP contribution in [0.1, 0.15) is 34.9 Å². The van der Waals surface area contributed by atoms with Crippen LogP contribution >= 0.6 is 0 Å². The van der Waals surface area contributed by atoms with Gasteiger partial charge in [-0.2, -0.15) is 5.10 Å². The van der Waals surface area contributed by atoms with Crippen molar-refractivity contribution in [3.05, 3.63) is 35.9 Å². The largest absolute Gasteiger partial charge is 0.459 e. The molecule has 0 bridgehead atoms. The van der Waals surface area contributed by atoms with Crippen LogP contribution in [-0.2, 0) is 11.8 Å². The maximum Gasteiger partial charge on any atom is 0.292 e. The lowest BCUT2D eigenvalue weighted by Crippen LogP contribution is -2.48. The number of rotatable bonds is 3. The van der Waals surface area contributed by atoms with Crippen LogP contribution in [0, 0.1) is 0 Å². The Morgan fingerprint density at radius 2 is 2.00 bits per heavy atom. The van der Waals surface area contributed by atoms with Crippen molar-refractivity contribution in [2.75, 3.05) is 18.4 Å². The molecular weight excluding hydrogens is 312 g/mol. The van der Waals surface area contributed by atoms with Gasteiger partial charge in [-0.3, -0.25) is 14.3 Å². The maximum atomic E-state index is 12.6. The molecule has 0 saturated carbocycles. The molecule has 2 aromatic heterocycles. The van der Waals surface area contributed by atoms with E-state index in [4.69, 9.17) is 9.15 Å². The number of morpholine rings is 1. The standard InChI is InChI=1S/C16H20N4O4/c1-10-8-20(9-11(2)24-10)16(22)12-7-14(19(3)18-12)17-15(21)13-5-4-6-23-13/h4-7,10-11H,8-9H2,1-3H3,(H,17,21)/t10-,11-/m0/s1. The summed E-state index contributed by atoms with van der Waals surface area (Å²) < 4.78 is 12.1. The first-order valence-electron chi connectivity index (χ1n) is 7.77. The zero-order valence-electron chi connectivity index (χ0n) is 13.9. The third-order valence-corrected chi connectivity index (χ3v) is 3.79. The molecule has 0 aromatic carbocycles. The molecule has 0 aliphatic carbocycles. The van der Waals surface area contributed by atoms with Crippen molar-refractivity contribution >= 4 is 17.6 Å². The van der Waals surface area contributed by atoms with Crippen molar-refractivity contribution in [2.45, 2.75) is 26.1 Å². The van der Waals surface area contributed by atoms with Crippen LogP contribution in [0.3, 0.4) is 0 Å². The second kappa shape index (κ2) is 6.48. The molecule has 1 fully saturated rings. The Morgan fingerprint density at radius 1 is 1.29 bits per heavy atom. The zero-order chi connectivity index (χ0) is 17.3. The number of ether oxygens (including phenoxy) is 1. The fraction of sp³-hybridized carbons (Fsp3) is 0.438. The molecule has 1 N–H and O–H groups in total. The molecule has 3 heterocycles. The molecule has 0 unspecified atom stereocenters. The van der Waals surface area contributed by atoms with Gasteiger partial charge < -0.3 is 19.4 Å². The Balaban J connectivity index is 1.73. The van der Waals surface area contributed by atoms with E-state index in [1.54, 1.807) is 30.1 Å². The number of carbonyl (C=O) groups is 2. The maximum absolute atomic E-state index is 12.6. The number of aryl methyl sites for hydroxylation is 1. The Labute approximate surface area is 139 Å². The highest BCUT2D eigenvalue weighted by atomic mass is 16.5. The number of nitrogens with zero attached hydrogens (tertiary/aromatic N) is 3. The summed E-state index contributed by atoms with van der Waals surface area (Å²) in [6.07, 6.45) is 1.40. The SMILES string of the molecule is C[C@H]1CN(C(=O)c2cc(NC(=O)c3ccco3)n(C)n2)C[C@H](C)O1. The van der Waals surface area contributed by atoms with Gasteiger partial charge in [0, 0.05) is 26.2 Å². The van der Waals surface area contributed by atoms with Crippen LogP contribution < -0.4 is 5.32 Å². The lowest BCUT2D eigenvalue weighted by molar-refractivity contribution is -0.0587. The first-order chi connectivity index (χ1) is 11.4. The van der Waals surface area contributed by atoms with Crippen molar-refractivity contribution in [1.29, 1.82) is 0 Å². The van der Waals surface area contributed by atoms with Gasteiger partial charge in [0.05, 0.1) is 18.5 Å². The molecule has 1 aliphatic heterocycles. The number of amides is 2. The highest BCUT2D eigenvalue weighted by molar-refractivity contribution is 6.02. The summed E-state index contributed by atoms with van der Waals surface area (Å²) in [5.41, 5.74) is 0.286. The predicted molar refractivity (Wildman–Crippen MR) is 85.8 cm³/mol. The number of hydrogen-bond donors (Lipinski definition) is 1. The van der Waals surface area contributed by atoms with Gasteiger partial charge in [-0.15, -0.1) is 0 Å². The van der Waals surface area contributed by atoms with E-state index in [1.165, 1.54) is 10.9 Å².